The van der Waals surface area contributed by atoms with Crippen LogP contribution in [0.3, 0.4) is 0 Å². The standard InChI is InChI=1S/C27H38O7/c1-19(2)26(29)33-15-13-31-24-17-22(21-9-6-5-7-10-21)18-25(23(24)11-8-12-28)32-14-16-34-27(30)20(3)4/h17-18,21,28H,1,3,5-16H2,2,4H3. The summed E-state index contributed by atoms with van der Waals surface area (Å²) in [6, 6.07) is 4.11. The lowest BCUT2D eigenvalue weighted by molar-refractivity contribution is -0.140. The number of hydrogen-bond donors (Lipinski definition) is 1. The van der Waals surface area contributed by atoms with E-state index in [1.165, 1.54) is 19.3 Å². The minimum Gasteiger partial charge on any atom is -0.490 e. The molecule has 0 radical (unpaired) electrons. The molecule has 0 unspecified atom stereocenters. The number of hydrogen-bond acceptors (Lipinski definition) is 7. The van der Waals surface area contributed by atoms with Gasteiger partial charge in [-0.3, -0.25) is 0 Å². The van der Waals surface area contributed by atoms with Crippen molar-refractivity contribution in [3.05, 3.63) is 47.6 Å². The fourth-order valence-corrected chi connectivity index (χ4v) is 3.89. The SMILES string of the molecule is C=C(C)C(=O)OCCOc1cc(C2CCCCC2)cc(OCCOC(=O)C(=C)C)c1CCCO. The summed E-state index contributed by atoms with van der Waals surface area (Å²) in [7, 11) is 0. The smallest absolute Gasteiger partial charge is 0.333 e. The van der Waals surface area contributed by atoms with Gasteiger partial charge in [-0.2, -0.15) is 0 Å². The Balaban J connectivity index is 2.20. The summed E-state index contributed by atoms with van der Waals surface area (Å²) in [4.78, 5) is 23.3. The summed E-state index contributed by atoms with van der Waals surface area (Å²) in [6.45, 7) is 11.0. The fraction of sp³-hybridized carbons (Fsp3) is 0.556. The van der Waals surface area contributed by atoms with Crippen LogP contribution in [0.2, 0.25) is 0 Å². The molecule has 0 amide bonds. The van der Waals surface area contributed by atoms with Gasteiger partial charge in [0.25, 0.3) is 0 Å². The van der Waals surface area contributed by atoms with Gasteiger partial charge in [-0.1, -0.05) is 32.4 Å². The van der Waals surface area contributed by atoms with Crippen LogP contribution >= 0.6 is 0 Å². The van der Waals surface area contributed by atoms with Gasteiger partial charge < -0.3 is 24.1 Å². The number of ether oxygens (including phenoxy) is 4. The molecule has 0 aromatic heterocycles. The number of rotatable bonds is 14. The number of aliphatic hydroxyl groups excluding tert-OH is 1. The van der Waals surface area contributed by atoms with Crippen molar-refractivity contribution in [2.45, 2.75) is 64.7 Å². The zero-order valence-corrected chi connectivity index (χ0v) is 20.5. The maximum Gasteiger partial charge on any atom is 0.333 e. The van der Waals surface area contributed by atoms with Crippen LogP contribution in [0.5, 0.6) is 11.5 Å². The molecule has 0 spiro atoms. The van der Waals surface area contributed by atoms with Gasteiger partial charge in [0.05, 0.1) is 0 Å². The summed E-state index contributed by atoms with van der Waals surface area (Å²) in [6.07, 6.45) is 6.96. The van der Waals surface area contributed by atoms with E-state index in [9.17, 15) is 14.7 Å². The molecule has 1 fully saturated rings. The molecule has 1 aliphatic rings. The predicted octanol–water partition coefficient (Wildman–Crippen LogP) is 4.66. The van der Waals surface area contributed by atoms with Crippen LogP contribution in [0.4, 0.5) is 0 Å². The molecule has 0 aliphatic heterocycles. The molecule has 0 heterocycles. The van der Waals surface area contributed by atoms with Crippen molar-refractivity contribution in [1.82, 2.24) is 0 Å². The van der Waals surface area contributed by atoms with E-state index in [0.29, 0.717) is 41.4 Å². The Kier molecular flexibility index (Phi) is 11.7. The highest BCUT2D eigenvalue weighted by molar-refractivity contribution is 5.87. The minimum absolute atomic E-state index is 0.0374. The summed E-state index contributed by atoms with van der Waals surface area (Å²) < 4.78 is 22.4. The van der Waals surface area contributed by atoms with E-state index in [2.05, 4.69) is 25.3 Å². The molecule has 1 aromatic carbocycles. The first kappa shape index (κ1) is 27.4. The van der Waals surface area contributed by atoms with E-state index in [0.717, 1.165) is 24.0 Å². The Hall–Kier alpha value is -2.80. The number of carbonyl (C=O) groups excluding carboxylic acids is 2. The molecule has 1 aromatic rings. The molecule has 1 saturated carbocycles. The molecular formula is C27H38O7. The van der Waals surface area contributed by atoms with Gasteiger partial charge in [0.2, 0.25) is 0 Å². The van der Waals surface area contributed by atoms with Crippen LogP contribution in [0.15, 0.2) is 36.4 Å². The third-order valence-corrected chi connectivity index (χ3v) is 5.70. The lowest BCUT2D eigenvalue weighted by Crippen LogP contribution is -2.15. The van der Waals surface area contributed by atoms with E-state index in [1.807, 2.05) is 0 Å². The number of aliphatic hydroxyl groups is 1. The lowest BCUT2D eigenvalue weighted by atomic mass is 9.83. The van der Waals surface area contributed by atoms with E-state index < -0.39 is 11.9 Å². The fourth-order valence-electron chi connectivity index (χ4n) is 3.89. The predicted molar refractivity (Wildman–Crippen MR) is 130 cm³/mol. The maximum atomic E-state index is 11.6. The second-order valence-corrected chi connectivity index (χ2v) is 8.69. The Morgan fingerprint density at radius 1 is 0.882 bits per heavy atom. The van der Waals surface area contributed by atoms with Crippen LogP contribution in [0.1, 0.15) is 69.4 Å². The van der Waals surface area contributed by atoms with Gasteiger partial charge in [0, 0.05) is 23.3 Å². The van der Waals surface area contributed by atoms with Gasteiger partial charge in [-0.15, -0.1) is 0 Å². The molecule has 7 nitrogen and oxygen atoms in total. The highest BCUT2D eigenvalue weighted by Crippen LogP contribution is 2.39. The second-order valence-electron chi connectivity index (χ2n) is 8.69. The largest absolute Gasteiger partial charge is 0.490 e. The summed E-state index contributed by atoms with van der Waals surface area (Å²) in [5.74, 6) is 0.850. The molecule has 1 N–H and O–H groups in total. The van der Waals surface area contributed by atoms with Crippen molar-refractivity contribution in [1.29, 1.82) is 0 Å². The van der Waals surface area contributed by atoms with Crippen LogP contribution in [-0.4, -0.2) is 50.1 Å². The van der Waals surface area contributed by atoms with Crippen molar-refractivity contribution >= 4 is 11.9 Å². The first-order valence-corrected chi connectivity index (χ1v) is 12.0. The molecule has 1 aliphatic carbocycles. The first-order valence-electron chi connectivity index (χ1n) is 12.0. The monoisotopic (exact) mass is 474 g/mol. The van der Waals surface area contributed by atoms with Crippen molar-refractivity contribution in [2.24, 2.45) is 0 Å². The van der Waals surface area contributed by atoms with Gasteiger partial charge in [-0.05, 0) is 63.1 Å². The molecule has 2 rings (SSSR count). The van der Waals surface area contributed by atoms with E-state index in [1.54, 1.807) is 13.8 Å². The van der Waals surface area contributed by atoms with Crippen LogP contribution in [0.25, 0.3) is 0 Å². The first-order chi connectivity index (χ1) is 16.3. The average Bonchev–Trinajstić information content (AvgIpc) is 2.83. The van der Waals surface area contributed by atoms with Crippen molar-refractivity contribution in [3.8, 4) is 11.5 Å². The summed E-state index contributed by atoms with van der Waals surface area (Å²) >= 11 is 0. The highest BCUT2D eigenvalue weighted by Gasteiger charge is 2.21. The third-order valence-electron chi connectivity index (χ3n) is 5.70. The third kappa shape index (κ3) is 8.86. The van der Waals surface area contributed by atoms with Gasteiger partial charge in [0.1, 0.15) is 37.9 Å². The normalized spacial score (nSPS) is 13.7. The van der Waals surface area contributed by atoms with Crippen LogP contribution in [0, 0.1) is 0 Å². The molecule has 0 atom stereocenters. The molecular weight excluding hydrogens is 436 g/mol. The van der Waals surface area contributed by atoms with Crippen LogP contribution < -0.4 is 9.47 Å². The molecule has 7 heteroatoms. The zero-order valence-electron chi connectivity index (χ0n) is 20.5. The average molecular weight is 475 g/mol. The quantitative estimate of drug-likeness (QED) is 0.238. The Morgan fingerprint density at radius 2 is 1.38 bits per heavy atom. The minimum atomic E-state index is -0.451. The van der Waals surface area contributed by atoms with Gasteiger partial charge in [0.15, 0.2) is 0 Å². The number of carbonyl (C=O) groups is 2. The Morgan fingerprint density at radius 3 is 1.82 bits per heavy atom. The Bertz CT molecular complexity index is 798. The maximum absolute atomic E-state index is 11.6. The van der Waals surface area contributed by atoms with Crippen molar-refractivity contribution < 1.29 is 33.6 Å². The zero-order chi connectivity index (χ0) is 24.9. The van der Waals surface area contributed by atoms with Crippen molar-refractivity contribution in [2.75, 3.05) is 33.0 Å². The highest BCUT2D eigenvalue weighted by atomic mass is 16.6. The van der Waals surface area contributed by atoms with Gasteiger partial charge in [-0.25, -0.2) is 9.59 Å². The van der Waals surface area contributed by atoms with E-state index in [4.69, 9.17) is 18.9 Å². The van der Waals surface area contributed by atoms with E-state index >= 15 is 0 Å². The molecule has 0 bridgehead atoms. The topological polar surface area (TPSA) is 91.3 Å². The second kappa shape index (κ2) is 14.5. The molecule has 188 valence electrons. The molecule has 0 saturated heterocycles. The van der Waals surface area contributed by atoms with E-state index in [-0.39, 0.29) is 33.0 Å². The number of esters is 2. The Labute approximate surface area is 202 Å². The van der Waals surface area contributed by atoms with Crippen LogP contribution in [-0.2, 0) is 25.5 Å². The summed E-state index contributed by atoms with van der Waals surface area (Å²) in [5.41, 5.74) is 2.67. The van der Waals surface area contributed by atoms with Gasteiger partial charge >= 0.3 is 11.9 Å². The molecule has 34 heavy (non-hydrogen) atoms. The summed E-state index contributed by atoms with van der Waals surface area (Å²) in [5, 5.41) is 9.41. The van der Waals surface area contributed by atoms with Crippen molar-refractivity contribution in [3.63, 3.8) is 0 Å². The number of benzene rings is 1. The lowest BCUT2D eigenvalue weighted by Gasteiger charge is -2.25.